The molecule has 0 amide bonds. The van der Waals surface area contributed by atoms with Gasteiger partial charge in [0.05, 0.1) is 7.11 Å². The molecule has 7 heteroatoms. The minimum absolute atomic E-state index is 0.427. The van der Waals surface area contributed by atoms with E-state index in [0.717, 1.165) is 19.4 Å². The van der Waals surface area contributed by atoms with Crippen molar-refractivity contribution in [2.45, 2.75) is 4.90 Å². The number of hydrogen-bond acceptors (Lipinski definition) is 4. The topological polar surface area (TPSA) is 56.3 Å². The van der Waals surface area contributed by atoms with Crippen molar-refractivity contribution in [2.24, 2.45) is 0 Å². The average molecular weight is 226 g/mol. The molecule has 13 heavy (non-hydrogen) atoms. The molecule has 0 aliphatic carbocycles. The monoisotopic (exact) mass is 225 g/mol. The van der Waals surface area contributed by atoms with E-state index in [4.69, 9.17) is 10.7 Å². The molecule has 1 rings (SSSR count). The Kier molecular flexibility index (Phi) is 2.72. The van der Waals surface area contributed by atoms with Crippen molar-refractivity contribution >= 4 is 19.7 Å². The third-order valence-electron chi connectivity index (χ3n) is 1.29. The van der Waals surface area contributed by atoms with E-state index in [1.54, 1.807) is 0 Å². The number of pyridine rings is 1. The van der Waals surface area contributed by atoms with Crippen molar-refractivity contribution in [3.8, 4) is 5.75 Å². The molecular weight excluding hydrogens is 221 g/mol. The lowest BCUT2D eigenvalue weighted by molar-refractivity contribution is 0.366. The van der Waals surface area contributed by atoms with Crippen molar-refractivity contribution in [3.05, 3.63) is 18.2 Å². The van der Waals surface area contributed by atoms with Gasteiger partial charge in [-0.15, -0.1) is 0 Å². The molecule has 0 unspecified atom stereocenters. The minimum Gasteiger partial charge on any atom is -0.491 e. The molecular formula is C6H5ClFNO3S. The molecule has 0 N–H and O–H groups in total. The van der Waals surface area contributed by atoms with Crippen molar-refractivity contribution in [1.29, 1.82) is 0 Å². The molecule has 1 aromatic heterocycles. The van der Waals surface area contributed by atoms with Gasteiger partial charge < -0.3 is 4.74 Å². The maximum atomic E-state index is 12.8. The molecule has 0 bridgehead atoms. The fourth-order valence-electron chi connectivity index (χ4n) is 0.783. The lowest BCUT2D eigenvalue weighted by Gasteiger charge is -2.04. The fourth-order valence-corrected chi connectivity index (χ4v) is 1.76. The second kappa shape index (κ2) is 3.47. The number of aromatic nitrogens is 1. The van der Waals surface area contributed by atoms with Crippen LogP contribution in [0.1, 0.15) is 0 Å². The van der Waals surface area contributed by atoms with Crippen molar-refractivity contribution in [1.82, 2.24) is 4.98 Å². The lowest BCUT2D eigenvalue weighted by atomic mass is 10.4. The molecule has 0 atom stereocenters. The van der Waals surface area contributed by atoms with Crippen LogP contribution >= 0.6 is 10.7 Å². The summed E-state index contributed by atoms with van der Waals surface area (Å²) in [6, 6.07) is 1.06. The number of methoxy groups -OCH3 is 1. The molecule has 0 aliphatic rings. The first-order valence-electron chi connectivity index (χ1n) is 3.10. The number of halogens is 2. The number of hydrogen-bond donors (Lipinski definition) is 0. The second-order valence-corrected chi connectivity index (χ2v) is 4.61. The summed E-state index contributed by atoms with van der Waals surface area (Å²) in [6.07, 6.45) is 0.993. The predicted molar refractivity (Wildman–Crippen MR) is 43.8 cm³/mol. The third-order valence-corrected chi connectivity index (χ3v) is 2.64. The third kappa shape index (κ3) is 2.07. The van der Waals surface area contributed by atoms with Gasteiger partial charge in [0.25, 0.3) is 15.0 Å². The van der Waals surface area contributed by atoms with Crippen molar-refractivity contribution in [2.75, 3.05) is 7.11 Å². The fraction of sp³-hybridized carbons (Fsp3) is 0.167. The highest BCUT2D eigenvalue weighted by Crippen LogP contribution is 2.27. The van der Waals surface area contributed by atoms with Crippen molar-refractivity contribution < 1.29 is 17.5 Å². The van der Waals surface area contributed by atoms with Crippen LogP contribution < -0.4 is 4.74 Å². The molecule has 0 aromatic carbocycles. The van der Waals surface area contributed by atoms with Crippen LogP contribution in [-0.4, -0.2) is 20.5 Å². The summed E-state index contributed by atoms with van der Waals surface area (Å²) in [5.74, 6) is -1.48. The first-order valence-corrected chi connectivity index (χ1v) is 5.41. The summed E-state index contributed by atoms with van der Waals surface area (Å²) in [5, 5.41) is 0. The van der Waals surface area contributed by atoms with E-state index in [2.05, 4.69) is 9.72 Å². The Morgan fingerprint density at radius 3 is 2.62 bits per heavy atom. The molecule has 72 valence electrons. The Balaban J connectivity index is 3.47. The summed E-state index contributed by atoms with van der Waals surface area (Å²) < 4.78 is 39.0. The molecule has 0 spiro atoms. The van der Waals surface area contributed by atoms with Crippen LogP contribution in [0, 0.1) is 5.95 Å². The minimum atomic E-state index is -4.00. The van der Waals surface area contributed by atoms with E-state index in [1.165, 1.54) is 0 Å². The quantitative estimate of drug-likeness (QED) is 0.560. The standard InChI is InChI=1S/C6H5ClFNO3S/c1-12-5-4(13(7,10)11)2-3-9-6(5)8/h2-3H,1H3. The van der Waals surface area contributed by atoms with E-state index in [0.29, 0.717) is 0 Å². The van der Waals surface area contributed by atoms with Gasteiger partial charge in [-0.1, -0.05) is 0 Å². The first kappa shape index (κ1) is 10.2. The zero-order valence-electron chi connectivity index (χ0n) is 6.49. The summed E-state index contributed by atoms with van der Waals surface area (Å²) >= 11 is 0. The zero-order chi connectivity index (χ0) is 10.1. The highest BCUT2D eigenvalue weighted by molar-refractivity contribution is 8.13. The summed E-state index contributed by atoms with van der Waals surface area (Å²) in [4.78, 5) is 2.78. The molecule has 4 nitrogen and oxygen atoms in total. The van der Waals surface area contributed by atoms with Crippen LogP contribution in [0.5, 0.6) is 5.75 Å². The van der Waals surface area contributed by atoms with Crippen LogP contribution in [0.4, 0.5) is 4.39 Å². The van der Waals surface area contributed by atoms with Gasteiger partial charge in [0, 0.05) is 16.9 Å². The largest absolute Gasteiger partial charge is 0.491 e. The van der Waals surface area contributed by atoms with Gasteiger partial charge in [-0.25, -0.2) is 13.4 Å². The maximum Gasteiger partial charge on any atom is 0.265 e. The average Bonchev–Trinajstić information content (AvgIpc) is 2.02. The molecule has 1 heterocycles. The molecule has 0 saturated carbocycles. The van der Waals surface area contributed by atoms with Crippen LogP contribution in [-0.2, 0) is 9.05 Å². The molecule has 0 radical (unpaired) electrons. The Morgan fingerprint density at radius 2 is 2.23 bits per heavy atom. The van der Waals surface area contributed by atoms with Crippen LogP contribution in [0.3, 0.4) is 0 Å². The van der Waals surface area contributed by atoms with Gasteiger partial charge >= 0.3 is 0 Å². The normalized spacial score (nSPS) is 11.3. The molecule has 0 aliphatic heterocycles. The number of ether oxygens (including phenoxy) is 1. The Morgan fingerprint density at radius 1 is 1.62 bits per heavy atom. The van der Waals surface area contributed by atoms with E-state index >= 15 is 0 Å². The van der Waals surface area contributed by atoms with E-state index < -0.39 is 25.6 Å². The highest BCUT2D eigenvalue weighted by atomic mass is 35.7. The number of nitrogens with zero attached hydrogens (tertiary/aromatic N) is 1. The van der Waals surface area contributed by atoms with Crippen LogP contribution in [0.2, 0.25) is 0 Å². The second-order valence-electron chi connectivity index (χ2n) is 2.07. The SMILES string of the molecule is COc1c(S(=O)(=O)Cl)ccnc1F. The molecule has 1 aromatic rings. The Hall–Kier alpha value is -0.880. The highest BCUT2D eigenvalue weighted by Gasteiger charge is 2.20. The van der Waals surface area contributed by atoms with Gasteiger partial charge in [-0.05, 0) is 6.07 Å². The summed E-state index contributed by atoms with van der Waals surface area (Å²) in [7, 11) is 2.14. The van der Waals surface area contributed by atoms with E-state index in [1.807, 2.05) is 0 Å². The Labute approximate surface area is 78.7 Å². The first-order chi connectivity index (χ1) is 5.96. The van der Waals surface area contributed by atoms with E-state index in [-0.39, 0.29) is 0 Å². The maximum absolute atomic E-state index is 12.8. The van der Waals surface area contributed by atoms with Gasteiger partial charge in [0.15, 0.2) is 5.75 Å². The smallest absolute Gasteiger partial charge is 0.265 e. The predicted octanol–water partition coefficient (Wildman–Crippen LogP) is 1.16. The van der Waals surface area contributed by atoms with Gasteiger partial charge in [-0.2, -0.15) is 4.39 Å². The lowest BCUT2D eigenvalue weighted by Crippen LogP contribution is -2.00. The Bertz CT molecular complexity index is 420. The summed E-state index contributed by atoms with van der Waals surface area (Å²) in [5.41, 5.74) is 0. The van der Waals surface area contributed by atoms with Gasteiger partial charge in [-0.3, -0.25) is 0 Å². The molecule has 0 saturated heterocycles. The molecule has 0 fully saturated rings. The summed E-state index contributed by atoms with van der Waals surface area (Å²) in [6.45, 7) is 0. The van der Waals surface area contributed by atoms with Crippen LogP contribution in [0.15, 0.2) is 17.2 Å². The van der Waals surface area contributed by atoms with Crippen LogP contribution in [0.25, 0.3) is 0 Å². The van der Waals surface area contributed by atoms with Crippen molar-refractivity contribution in [3.63, 3.8) is 0 Å². The zero-order valence-corrected chi connectivity index (χ0v) is 8.06. The number of rotatable bonds is 2. The van der Waals surface area contributed by atoms with Gasteiger partial charge in [0.2, 0.25) is 0 Å². The van der Waals surface area contributed by atoms with E-state index in [9.17, 15) is 12.8 Å². The van der Waals surface area contributed by atoms with Gasteiger partial charge in [0.1, 0.15) is 4.90 Å².